The molecule has 158 valence electrons. The lowest BCUT2D eigenvalue weighted by atomic mass is 10.1. The van der Waals surface area contributed by atoms with Crippen LogP contribution >= 0.6 is 0 Å². The Bertz CT molecular complexity index is 1170. The van der Waals surface area contributed by atoms with Crippen molar-refractivity contribution >= 4 is 16.9 Å². The van der Waals surface area contributed by atoms with Crippen LogP contribution in [0.2, 0.25) is 0 Å². The Hall–Kier alpha value is -3.67. The lowest BCUT2D eigenvalue weighted by Crippen LogP contribution is -2.13. The van der Waals surface area contributed by atoms with Crippen molar-refractivity contribution in [3.05, 3.63) is 66.3 Å². The molecule has 3 aromatic rings. The SMILES string of the molecule is COc1cc(CCCOC(=O)C2C=CC=C2)cc2cc(-c3ccc4c(c3)OCO4)oc12. The van der Waals surface area contributed by atoms with Crippen LogP contribution in [0.15, 0.2) is 65.1 Å². The molecular weight excluding hydrogens is 396 g/mol. The van der Waals surface area contributed by atoms with Gasteiger partial charge in [0.1, 0.15) is 5.76 Å². The number of benzene rings is 2. The standard InChI is InChI=1S/C25H22O6/c1-27-23-12-16(5-4-10-28-25(26)17-6-2-3-7-17)11-19-14-21(31-24(19)23)18-8-9-20-22(13-18)30-15-29-20/h2-3,6-9,11-14,17H,4-5,10,15H2,1H3. The van der Waals surface area contributed by atoms with Crippen LogP contribution in [0.5, 0.6) is 17.2 Å². The van der Waals surface area contributed by atoms with Gasteiger partial charge in [-0.25, -0.2) is 0 Å². The average Bonchev–Trinajstić information content (AvgIpc) is 3.55. The zero-order valence-corrected chi connectivity index (χ0v) is 17.1. The number of furan rings is 1. The molecule has 0 saturated heterocycles. The van der Waals surface area contributed by atoms with Crippen molar-refractivity contribution in [3.8, 4) is 28.6 Å². The second-order valence-electron chi connectivity index (χ2n) is 7.46. The molecule has 0 spiro atoms. The van der Waals surface area contributed by atoms with Gasteiger partial charge in [-0.1, -0.05) is 24.3 Å². The van der Waals surface area contributed by atoms with Gasteiger partial charge in [-0.3, -0.25) is 4.79 Å². The molecule has 6 heteroatoms. The van der Waals surface area contributed by atoms with Crippen LogP contribution in [0, 0.1) is 5.92 Å². The van der Waals surface area contributed by atoms with Gasteiger partial charge in [0.15, 0.2) is 22.8 Å². The van der Waals surface area contributed by atoms with Crippen molar-refractivity contribution in [2.75, 3.05) is 20.5 Å². The number of esters is 1. The Morgan fingerprint density at radius 2 is 1.90 bits per heavy atom. The van der Waals surface area contributed by atoms with Crippen molar-refractivity contribution in [2.45, 2.75) is 12.8 Å². The van der Waals surface area contributed by atoms with E-state index in [1.54, 1.807) is 7.11 Å². The summed E-state index contributed by atoms with van der Waals surface area (Å²) in [5, 5.41) is 0.959. The van der Waals surface area contributed by atoms with E-state index in [0.717, 1.165) is 40.9 Å². The number of carbonyl (C=O) groups is 1. The van der Waals surface area contributed by atoms with E-state index < -0.39 is 0 Å². The molecule has 5 rings (SSSR count). The lowest BCUT2D eigenvalue weighted by molar-refractivity contribution is -0.145. The molecule has 1 aliphatic carbocycles. The predicted octanol–water partition coefficient (Wildman–Crippen LogP) is 5.06. The maximum absolute atomic E-state index is 12.0. The molecule has 0 N–H and O–H groups in total. The van der Waals surface area contributed by atoms with Crippen LogP contribution < -0.4 is 14.2 Å². The van der Waals surface area contributed by atoms with Gasteiger partial charge in [0.2, 0.25) is 6.79 Å². The fourth-order valence-corrected chi connectivity index (χ4v) is 3.80. The van der Waals surface area contributed by atoms with E-state index in [2.05, 4.69) is 6.07 Å². The quantitative estimate of drug-likeness (QED) is 0.395. The normalized spacial score (nSPS) is 14.5. The van der Waals surface area contributed by atoms with E-state index in [0.29, 0.717) is 23.7 Å². The fourth-order valence-electron chi connectivity index (χ4n) is 3.80. The molecule has 0 saturated carbocycles. The summed E-state index contributed by atoms with van der Waals surface area (Å²) in [6.07, 6.45) is 8.87. The largest absolute Gasteiger partial charge is 0.493 e. The van der Waals surface area contributed by atoms with Crippen molar-refractivity contribution in [2.24, 2.45) is 5.92 Å². The molecule has 2 heterocycles. The van der Waals surface area contributed by atoms with Gasteiger partial charge in [0.25, 0.3) is 0 Å². The molecule has 2 aliphatic rings. The molecule has 0 atom stereocenters. The summed E-state index contributed by atoms with van der Waals surface area (Å²) in [5.74, 6) is 2.40. The molecule has 0 bridgehead atoms. The highest BCUT2D eigenvalue weighted by Gasteiger charge is 2.18. The van der Waals surface area contributed by atoms with Crippen LogP contribution in [0.4, 0.5) is 0 Å². The molecule has 0 fully saturated rings. The summed E-state index contributed by atoms with van der Waals surface area (Å²) in [7, 11) is 1.63. The minimum absolute atomic E-state index is 0.207. The Labute approximate surface area is 179 Å². The first-order valence-electron chi connectivity index (χ1n) is 10.2. The summed E-state index contributed by atoms with van der Waals surface area (Å²) in [6, 6.07) is 11.8. The topological polar surface area (TPSA) is 67.1 Å². The number of rotatable bonds is 7. The second kappa shape index (κ2) is 8.22. The second-order valence-corrected chi connectivity index (χ2v) is 7.46. The molecule has 0 radical (unpaired) electrons. The molecule has 1 aliphatic heterocycles. The number of hydrogen-bond donors (Lipinski definition) is 0. The number of fused-ring (bicyclic) bond motifs is 2. The highest BCUT2D eigenvalue weighted by atomic mass is 16.7. The molecule has 0 unspecified atom stereocenters. The highest BCUT2D eigenvalue weighted by molar-refractivity contribution is 5.88. The van der Waals surface area contributed by atoms with E-state index in [9.17, 15) is 4.79 Å². The number of hydrogen-bond acceptors (Lipinski definition) is 6. The maximum Gasteiger partial charge on any atom is 0.316 e. The summed E-state index contributed by atoms with van der Waals surface area (Å²) in [6.45, 7) is 0.616. The van der Waals surface area contributed by atoms with Gasteiger partial charge in [-0.05, 0) is 54.8 Å². The third-order valence-corrected chi connectivity index (χ3v) is 5.39. The molecule has 2 aromatic carbocycles. The maximum atomic E-state index is 12.0. The third kappa shape index (κ3) is 3.89. The van der Waals surface area contributed by atoms with Gasteiger partial charge < -0.3 is 23.4 Å². The summed E-state index contributed by atoms with van der Waals surface area (Å²) < 4.78 is 27.9. The summed E-state index contributed by atoms with van der Waals surface area (Å²) >= 11 is 0. The number of carbonyl (C=O) groups excluding carboxylic acids is 1. The number of allylic oxidation sites excluding steroid dienone is 2. The fraction of sp³-hybridized carbons (Fsp3) is 0.240. The first-order valence-corrected chi connectivity index (χ1v) is 10.2. The van der Waals surface area contributed by atoms with Crippen LogP contribution in [0.1, 0.15) is 12.0 Å². The Kier molecular flexibility index (Phi) is 5.12. The summed E-state index contributed by atoms with van der Waals surface area (Å²) in [5.41, 5.74) is 2.70. The minimum atomic E-state index is -0.253. The van der Waals surface area contributed by atoms with Crippen molar-refractivity contribution in [3.63, 3.8) is 0 Å². The van der Waals surface area contributed by atoms with E-state index in [4.69, 9.17) is 23.4 Å². The molecular formula is C25H22O6. The summed E-state index contributed by atoms with van der Waals surface area (Å²) in [4.78, 5) is 12.0. The molecule has 1 aromatic heterocycles. The molecule has 0 amide bonds. The first-order chi connectivity index (χ1) is 15.2. The van der Waals surface area contributed by atoms with E-state index >= 15 is 0 Å². The minimum Gasteiger partial charge on any atom is -0.493 e. The van der Waals surface area contributed by atoms with Crippen molar-refractivity contribution in [1.29, 1.82) is 0 Å². The van der Waals surface area contributed by atoms with Crippen LogP contribution in [0.25, 0.3) is 22.3 Å². The Balaban J connectivity index is 1.30. The van der Waals surface area contributed by atoms with E-state index in [-0.39, 0.29) is 18.7 Å². The van der Waals surface area contributed by atoms with E-state index in [1.807, 2.05) is 54.6 Å². The Morgan fingerprint density at radius 1 is 1.06 bits per heavy atom. The number of aryl methyl sites for hydroxylation is 1. The Morgan fingerprint density at radius 3 is 2.74 bits per heavy atom. The highest BCUT2D eigenvalue weighted by Crippen LogP contribution is 2.39. The molecule has 6 nitrogen and oxygen atoms in total. The van der Waals surface area contributed by atoms with Crippen molar-refractivity contribution in [1.82, 2.24) is 0 Å². The van der Waals surface area contributed by atoms with Gasteiger partial charge in [-0.15, -0.1) is 0 Å². The lowest BCUT2D eigenvalue weighted by Gasteiger charge is -2.08. The van der Waals surface area contributed by atoms with Crippen molar-refractivity contribution < 1.29 is 28.2 Å². The third-order valence-electron chi connectivity index (χ3n) is 5.39. The van der Waals surface area contributed by atoms with Gasteiger partial charge in [0, 0.05) is 10.9 Å². The number of methoxy groups -OCH3 is 1. The zero-order chi connectivity index (χ0) is 21.2. The monoisotopic (exact) mass is 418 g/mol. The predicted molar refractivity (Wildman–Crippen MR) is 115 cm³/mol. The van der Waals surface area contributed by atoms with Gasteiger partial charge in [-0.2, -0.15) is 0 Å². The van der Waals surface area contributed by atoms with E-state index in [1.165, 1.54) is 0 Å². The van der Waals surface area contributed by atoms with Crippen LogP contribution in [-0.2, 0) is 16.0 Å². The van der Waals surface area contributed by atoms with Crippen LogP contribution in [0.3, 0.4) is 0 Å². The average molecular weight is 418 g/mol. The van der Waals surface area contributed by atoms with Gasteiger partial charge in [0.05, 0.1) is 19.6 Å². The van der Waals surface area contributed by atoms with Gasteiger partial charge >= 0.3 is 5.97 Å². The first kappa shape index (κ1) is 19.3. The number of ether oxygens (including phenoxy) is 4. The van der Waals surface area contributed by atoms with Crippen LogP contribution in [-0.4, -0.2) is 26.5 Å². The zero-order valence-electron chi connectivity index (χ0n) is 17.1. The molecule has 31 heavy (non-hydrogen) atoms. The smallest absolute Gasteiger partial charge is 0.316 e.